The summed E-state index contributed by atoms with van der Waals surface area (Å²) in [6.07, 6.45) is 1.95. The maximum absolute atomic E-state index is 5.50. The molecule has 1 aromatic carbocycles. The van der Waals surface area contributed by atoms with Crippen LogP contribution in [0.3, 0.4) is 0 Å². The number of aromatic nitrogens is 2. The molecule has 0 saturated heterocycles. The number of nitrogens with two attached hydrogens (primary N) is 1. The minimum Gasteiger partial charge on any atom is -0.339 e. The van der Waals surface area contributed by atoms with Crippen LogP contribution >= 0.6 is 0 Å². The fourth-order valence-electron chi connectivity index (χ4n) is 1.92. The average Bonchev–Trinajstić information content (AvgIpc) is 2.86. The maximum Gasteiger partial charge on any atom is 0.229 e. The molecule has 0 spiro atoms. The lowest BCUT2D eigenvalue weighted by molar-refractivity contribution is 0.352. The van der Waals surface area contributed by atoms with Crippen LogP contribution in [0, 0.1) is 6.92 Å². The van der Waals surface area contributed by atoms with Crippen molar-refractivity contribution in [2.24, 2.45) is 5.73 Å². The smallest absolute Gasteiger partial charge is 0.229 e. The molecule has 96 valence electrons. The first-order chi connectivity index (χ1) is 8.72. The molecule has 2 rings (SSSR count). The molecule has 4 nitrogen and oxygen atoms in total. The van der Waals surface area contributed by atoms with Crippen LogP contribution < -0.4 is 5.73 Å². The topological polar surface area (TPSA) is 64.9 Å². The summed E-state index contributed by atoms with van der Waals surface area (Å²) in [7, 11) is 0. The van der Waals surface area contributed by atoms with Crippen molar-refractivity contribution in [3.63, 3.8) is 0 Å². The number of hydrogen-bond acceptors (Lipinski definition) is 4. The van der Waals surface area contributed by atoms with Gasteiger partial charge in [-0.25, -0.2) is 0 Å². The van der Waals surface area contributed by atoms with Crippen molar-refractivity contribution < 1.29 is 4.52 Å². The second-order valence-corrected chi connectivity index (χ2v) is 4.60. The lowest BCUT2D eigenvalue weighted by Crippen LogP contribution is -2.02. The summed E-state index contributed by atoms with van der Waals surface area (Å²) in [5.74, 6) is 1.63. The predicted octanol–water partition coefficient (Wildman–Crippen LogP) is 2.89. The van der Waals surface area contributed by atoms with Gasteiger partial charge in [-0.05, 0) is 31.9 Å². The van der Waals surface area contributed by atoms with Crippen molar-refractivity contribution >= 4 is 0 Å². The van der Waals surface area contributed by atoms with Crippen molar-refractivity contribution in [3.05, 3.63) is 35.7 Å². The van der Waals surface area contributed by atoms with Gasteiger partial charge in [0.15, 0.2) is 0 Å². The molecule has 2 aromatic rings. The summed E-state index contributed by atoms with van der Waals surface area (Å²) in [5.41, 5.74) is 7.68. The third-order valence-corrected chi connectivity index (χ3v) is 3.09. The fourth-order valence-corrected chi connectivity index (χ4v) is 1.92. The Hall–Kier alpha value is -1.68. The molecule has 0 amide bonds. The molecular weight excluding hydrogens is 226 g/mol. The van der Waals surface area contributed by atoms with Gasteiger partial charge in [-0.1, -0.05) is 36.3 Å². The first-order valence-electron chi connectivity index (χ1n) is 6.32. The molecule has 1 atom stereocenters. The average molecular weight is 245 g/mol. The predicted molar refractivity (Wildman–Crippen MR) is 71.2 cm³/mol. The molecule has 2 N–H and O–H groups in total. The number of benzene rings is 1. The van der Waals surface area contributed by atoms with Crippen LogP contribution in [0.1, 0.15) is 37.1 Å². The largest absolute Gasteiger partial charge is 0.339 e. The summed E-state index contributed by atoms with van der Waals surface area (Å²) in [6, 6.07) is 8.04. The zero-order valence-electron chi connectivity index (χ0n) is 10.9. The van der Waals surface area contributed by atoms with Gasteiger partial charge in [0.05, 0.1) is 0 Å². The van der Waals surface area contributed by atoms with E-state index in [4.69, 9.17) is 10.3 Å². The van der Waals surface area contributed by atoms with Crippen LogP contribution in [0.25, 0.3) is 11.4 Å². The van der Waals surface area contributed by atoms with E-state index in [1.807, 2.05) is 31.2 Å². The SMILES string of the molecule is Cc1ccccc1-c1noc(C(C)CCCN)n1. The highest BCUT2D eigenvalue weighted by Gasteiger charge is 2.15. The standard InChI is InChI=1S/C14H19N3O/c1-10-6-3-4-8-12(10)13-16-14(18-17-13)11(2)7-5-9-15/h3-4,6,8,11H,5,7,9,15H2,1-2H3. The molecule has 4 heteroatoms. The van der Waals surface area contributed by atoms with Gasteiger partial charge in [0, 0.05) is 11.5 Å². The van der Waals surface area contributed by atoms with E-state index in [1.165, 1.54) is 0 Å². The summed E-state index contributed by atoms with van der Waals surface area (Å²) < 4.78 is 5.33. The quantitative estimate of drug-likeness (QED) is 0.879. The van der Waals surface area contributed by atoms with E-state index in [1.54, 1.807) is 0 Å². The molecule has 0 aliphatic carbocycles. The Morgan fingerprint density at radius 2 is 2.11 bits per heavy atom. The van der Waals surface area contributed by atoms with Gasteiger partial charge in [0.2, 0.25) is 11.7 Å². The first kappa shape index (κ1) is 12.8. The maximum atomic E-state index is 5.50. The zero-order chi connectivity index (χ0) is 13.0. The highest BCUT2D eigenvalue weighted by molar-refractivity contribution is 5.58. The Morgan fingerprint density at radius 1 is 1.33 bits per heavy atom. The molecule has 0 aliphatic heterocycles. The molecule has 0 aliphatic rings. The third-order valence-electron chi connectivity index (χ3n) is 3.09. The van der Waals surface area contributed by atoms with Gasteiger partial charge < -0.3 is 10.3 Å². The Labute approximate surface area is 107 Å². The minimum absolute atomic E-state index is 0.263. The van der Waals surface area contributed by atoms with Gasteiger partial charge in [0.25, 0.3) is 0 Å². The third kappa shape index (κ3) is 2.76. The van der Waals surface area contributed by atoms with E-state index < -0.39 is 0 Å². The Balaban J connectivity index is 2.18. The van der Waals surface area contributed by atoms with Crippen LogP contribution in [-0.2, 0) is 0 Å². The molecule has 1 aromatic heterocycles. The van der Waals surface area contributed by atoms with Crippen molar-refractivity contribution in [2.75, 3.05) is 6.54 Å². The molecule has 0 saturated carbocycles. The fraction of sp³-hybridized carbons (Fsp3) is 0.429. The van der Waals surface area contributed by atoms with E-state index in [9.17, 15) is 0 Å². The highest BCUT2D eigenvalue weighted by atomic mass is 16.5. The molecule has 18 heavy (non-hydrogen) atoms. The van der Waals surface area contributed by atoms with E-state index in [-0.39, 0.29) is 5.92 Å². The van der Waals surface area contributed by atoms with Gasteiger partial charge >= 0.3 is 0 Å². The number of aryl methyl sites for hydroxylation is 1. The van der Waals surface area contributed by atoms with Crippen molar-refractivity contribution in [3.8, 4) is 11.4 Å². The van der Waals surface area contributed by atoms with E-state index >= 15 is 0 Å². The van der Waals surface area contributed by atoms with Gasteiger partial charge in [-0.2, -0.15) is 4.98 Å². The van der Waals surface area contributed by atoms with Gasteiger partial charge in [-0.15, -0.1) is 0 Å². The molecule has 0 bridgehead atoms. The van der Waals surface area contributed by atoms with Gasteiger partial charge in [-0.3, -0.25) is 0 Å². The summed E-state index contributed by atoms with van der Waals surface area (Å²) in [5, 5.41) is 4.06. The highest BCUT2D eigenvalue weighted by Crippen LogP contribution is 2.24. The molecular formula is C14H19N3O. The Bertz CT molecular complexity index is 507. The molecule has 1 heterocycles. The Kier molecular flexibility index (Phi) is 4.10. The second kappa shape index (κ2) is 5.78. The number of nitrogens with zero attached hydrogens (tertiary/aromatic N) is 2. The van der Waals surface area contributed by atoms with Crippen LogP contribution in [0.5, 0.6) is 0 Å². The lowest BCUT2D eigenvalue weighted by Gasteiger charge is -2.03. The van der Waals surface area contributed by atoms with Crippen LogP contribution in [0.2, 0.25) is 0 Å². The zero-order valence-corrected chi connectivity index (χ0v) is 10.9. The summed E-state index contributed by atoms with van der Waals surface area (Å²) in [4.78, 5) is 4.48. The van der Waals surface area contributed by atoms with Crippen molar-refractivity contribution in [1.82, 2.24) is 10.1 Å². The monoisotopic (exact) mass is 245 g/mol. The Morgan fingerprint density at radius 3 is 2.83 bits per heavy atom. The lowest BCUT2D eigenvalue weighted by atomic mass is 10.1. The van der Waals surface area contributed by atoms with E-state index in [0.29, 0.717) is 18.3 Å². The van der Waals surface area contributed by atoms with E-state index in [2.05, 4.69) is 17.1 Å². The molecule has 1 unspecified atom stereocenters. The number of rotatable bonds is 5. The minimum atomic E-state index is 0.263. The van der Waals surface area contributed by atoms with Crippen molar-refractivity contribution in [1.29, 1.82) is 0 Å². The number of hydrogen-bond donors (Lipinski definition) is 1. The summed E-state index contributed by atoms with van der Waals surface area (Å²) >= 11 is 0. The van der Waals surface area contributed by atoms with E-state index in [0.717, 1.165) is 24.0 Å². The van der Waals surface area contributed by atoms with Crippen LogP contribution in [-0.4, -0.2) is 16.7 Å². The molecule has 0 fully saturated rings. The second-order valence-electron chi connectivity index (χ2n) is 4.60. The van der Waals surface area contributed by atoms with Gasteiger partial charge in [0.1, 0.15) is 0 Å². The van der Waals surface area contributed by atoms with Crippen LogP contribution in [0.15, 0.2) is 28.8 Å². The van der Waals surface area contributed by atoms with Crippen LogP contribution in [0.4, 0.5) is 0 Å². The normalized spacial score (nSPS) is 12.6. The molecule has 0 radical (unpaired) electrons. The first-order valence-corrected chi connectivity index (χ1v) is 6.32. The summed E-state index contributed by atoms with van der Waals surface area (Å²) in [6.45, 7) is 4.83. The van der Waals surface area contributed by atoms with Crippen molar-refractivity contribution in [2.45, 2.75) is 32.6 Å².